The summed E-state index contributed by atoms with van der Waals surface area (Å²) in [4.78, 5) is 0. The largest absolute Gasteiger partial charge is 0.312 e. The Morgan fingerprint density at radius 3 is 2.94 bits per heavy atom. The lowest BCUT2D eigenvalue weighted by Gasteiger charge is -2.33. The van der Waals surface area contributed by atoms with E-state index < -0.39 is 0 Å². The molecule has 0 saturated carbocycles. The molecule has 2 aromatic rings. The molecule has 1 aromatic heterocycles. The normalized spacial score (nSPS) is 18.9. The molecule has 94 valence electrons. The van der Waals surface area contributed by atoms with Gasteiger partial charge in [-0.1, -0.05) is 19.9 Å². The molecule has 1 nitrogen and oxygen atoms in total. The summed E-state index contributed by atoms with van der Waals surface area (Å²) in [6.45, 7) is 6.20. The first-order valence-corrected chi connectivity index (χ1v) is 7.04. The van der Waals surface area contributed by atoms with E-state index in [1.165, 1.54) is 10.3 Å². The summed E-state index contributed by atoms with van der Waals surface area (Å²) < 4.78 is 14.9. The smallest absolute Gasteiger partial charge is 0.124 e. The van der Waals surface area contributed by atoms with Crippen LogP contribution in [0.1, 0.15) is 19.4 Å². The molecule has 0 fully saturated rings. The molecule has 0 spiro atoms. The minimum absolute atomic E-state index is 0.0446. The van der Waals surface area contributed by atoms with Gasteiger partial charge in [-0.25, -0.2) is 4.39 Å². The lowest BCUT2D eigenvalue weighted by atomic mass is 9.78. The van der Waals surface area contributed by atoms with Gasteiger partial charge in [-0.3, -0.25) is 0 Å². The predicted octanol–water partition coefficient (Wildman–Crippen LogP) is 4.05. The van der Waals surface area contributed by atoms with Crippen LogP contribution in [0.15, 0.2) is 29.7 Å². The van der Waals surface area contributed by atoms with Gasteiger partial charge in [-0.05, 0) is 40.1 Å². The molecule has 0 saturated heterocycles. The molecular weight excluding hydrogens is 245 g/mol. The van der Waals surface area contributed by atoms with E-state index in [4.69, 9.17) is 0 Å². The first-order valence-electron chi connectivity index (χ1n) is 6.16. The Morgan fingerprint density at radius 2 is 2.17 bits per heavy atom. The Labute approximate surface area is 110 Å². The van der Waals surface area contributed by atoms with Gasteiger partial charge in [0.25, 0.3) is 0 Å². The number of hydrogen-bond acceptors (Lipinski definition) is 2. The first kappa shape index (κ1) is 11.9. The van der Waals surface area contributed by atoms with E-state index in [1.807, 2.05) is 11.4 Å². The molecule has 3 heteroatoms. The van der Waals surface area contributed by atoms with Crippen LogP contribution >= 0.6 is 11.3 Å². The van der Waals surface area contributed by atoms with Gasteiger partial charge in [0.05, 0.1) is 0 Å². The Morgan fingerprint density at radius 1 is 1.33 bits per heavy atom. The molecule has 0 amide bonds. The number of benzene rings is 1. The highest BCUT2D eigenvalue weighted by Crippen LogP contribution is 2.40. The molecule has 0 unspecified atom stereocenters. The van der Waals surface area contributed by atoms with Crippen LogP contribution in [-0.4, -0.2) is 13.1 Å². The summed E-state index contributed by atoms with van der Waals surface area (Å²) >= 11 is 1.69. The third kappa shape index (κ3) is 1.88. The lowest BCUT2D eigenvalue weighted by molar-refractivity contribution is 0.446. The van der Waals surface area contributed by atoms with E-state index in [0.717, 1.165) is 24.0 Å². The van der Waals surface area contributed by atoms with Crippen molar-refractivity contribution < 1.29 is 4.39 Å². The number of nitrogens with one attached hydrogen (secondary N) is 1. The van der Waals surface area contributed by atoms with Crippen LogP contribution in [0.25, 0.3) is 15.7 Å². The van der Waals surface area contributed by atoms with Crippen LogP contribution in [0, 0.1) is 11.2 Å². The first-order chi connectivity index (χ1) is 8.58. The van der Waals surface area contributed by atoms with Crippen molar-refractivity contribution in [1.82, 2.24) is 5.32 Å². The highest BCUT2D eigenvalue weighted by Gasteiger charge is 2.28. The highest BCUT2D eigenvalue weighted by molar-refractivity contribution is 7.17. The van der Waals surface area contributed by atoms with E-state index >= 15 is 0 Å². The quantitative estimate of drug-likeness (QED) is 0.816. The van der Waals surface area contributed by atoms with Crippen LogP contribution in [0.5, 0.6) is 0 Å². The van der Waals surface area contributed by atoms with Gasteiger partial charge in [0, 0.05) is 23.2 Å². The fraction of sp³-hybridized carbons (Fsp3) is 0.333. The number of hydrogen-bond donors (Lipinski definition) is 1. The van der Waals surface area contributed by atoms with E-state index in [9.17, 15) is 4.39 Å². The van der Waals surface area contributed by atoms with Crippen molar-refractivity contribution in [3.05, 3.63) is 41.0 Å². The van der Waals surface area contributed by atoms with E-state index in [1.54, 1.807) is 23.5 Å². The molecular formula is C15H16FNS. The van der Waals surface area contributed by atoms with Gasteiger partial charge in [0.15, 0.2) is 0 Å². The minimum atomic E-state index is -0.147. The minimum Gasteiger partial charge on any atom is -0.312 e. The molecule has 0 atom stereocenters. The third-order valence-electron chi connectivity index (χ3n) is 3.55. The fourth-order valence-corrected chi connectivity index (χ4v) is 3.56. The molecule has 1 N–H and O–H groups in total. The Bertz CT molecular complexity index is 624. The van der Waals surface area contributed by atoms with Crippen molar-refractivity contribution in [3.8, 4) is 0 Å². The van der Waals surface area contributed by atoms with Crippen LogP contribution in [0.2, 0.25) is 0 Å². The Hall–Kier alpha value is -1.19. The summed E-state index contributed by atoms with van der Waals surface area (Å²) in [6, 6.07) is 5.28. The molecule has 3 rings (SSSR count). The molecule has 1 aliphatic rings. The zero-order valence-electron chi connectivity index (χ0n) is 10.6. The standard InChI is InChI=1S/C15H16FNS/c1-15(2)9-17-5-3-13(15)12-8-11(16)7-10-4-6-18-14(10)12/h3-4,6-8,17H,5,9H2,1-2H3. The zero-order chi connectivity index (χ0) is 12.8. The SMILES string of the molecule is CC1(C)CNCC=C1c1cc(F)cc2ccsc12. The zero-order valence-corrected chi connectivity index (χ0v) is 11.4. The molecule has 18 heavy (non-hydrogen) atoms. The molecule has 0 bridgehead atoms. The third-order valence-corrected chi connectivity index (χ3v) is 4.52. The molecule has 0 aliphatic carbocycles. The second-order valence-electron chi connectivity index (χ2n) is 5.42. The summed E-state index contributed by atoms with van der Waals surface area (Å²) in [5, 5.41) is 6.40. The molecule has 0 radical (unpaired) electrons. The number of thiophene rings is 1. The second kappa shape index (κ2) is 4.18. The fourth-order valence-electron chi connectivity index (χ4n) is 2.65. The van der Waals surface area contributed by atoms with Gasteiger partial charge in [0.2, 0.25) is 0 Å². The lowest BCUT2D eigenvalue weighted by Crippen LogP contribution is -2.35. The Balaban J connectivity index is 2.25. The van der Waals surface area contributed by atoms with Crippen molar-refractivity contribution in [2.75, 3.05) is 13.1 Å². The van der Waals surface area contributed by atoms with Crippen LogP contribution in [0.4, 0.5) is 4.39 Å². The van der Waals surface area contributed by atoms with Crippen molar-refractivity contribution in [3.63, 3.8) is 0 Å². The van der Waals surface area contributed by atoms with E-state index in [0.29, 0.717) is 0 Å². The number of halogens is 1. The van der Waals surface area contributed by atoms with Crippen molar-refractivity contribution in [2.45, 2.75) is 13.8 Å². The van der Waals surface area contributed by atoms with Crippen molar-refractivity contribution >= 4 is 27.0 Å². The highest BCUT2D eigenvalue weighted by atomic mass is 32.1. The van der Waals surface area contributed by atoms with Crippen molar-refractivity contribution in [1.29, 1.82) is 0 Å². The van der Waals surface area contributed by atoms with Gasteiger partial charge >= 0.3 is 0 Å². The predicted molar refractivity (Wildman–Crippen MR) is 76.4 cm³/mol. The summed E-state index contributed by atoms with van der Waals surface area (Å²) in [5.74, 6) is -0.147. The summed E-state index contributed by atoms with van der Waals surface area (Å²) in [5.41, 5.74) is 2.36. The number of rotatable bonds is 1. The molecule has 2 heterocycles. The summed E-state index contributed by atoms with van der Waals surface area (Å²) in [6.07, 6.45) is 2.19. The maximum absolute atomic E-state index is 13.7. The number of fused-ring (bicyclic) bond motifs is 1. The molecule has 1 aromatic carbocycles. The summed E-state index contributed by atoms with van der Waals surface area (Å²) in [7, 11) is 0. The topological polar surface area (TPSA) is 12.0 Å². The Kier molecular flexibility index (Phi) is 2.76. The molecule has 1 aliphatic heterocycles. The van der Waals surface area contributed by atoms with Gasteiger partial charge in [-0.2, -0.15) is 0 Å². The average Bonchev–Trinajstić information content (AvgIpc) is 2.75. The van der Waals surface area contributed by atoms with Gasteiger partial charge < -0.3 is 5.32 Å². The van der Waals surface area contributed by atoms with Crippen LogP contribution in [0.3, 0.4) is 0 Å². The monoisotopic (exact) mass is 261 g/mol. The maximum Gasteiger partial charge on any atom is 0.124 e. The second-order valence-corrected chi connectivity index (χ2v) is 6.34. The van der Waals surface area contributed by atoms with E-state index in [-0.39, 0.29) is 11.2 Å². The van der Waals surface area contributed by atoms with Crippen molar-refractivity contribution in [2.24, 2.45) is 5.41 Å². The van der Waals surface area contributed by atoms with Crippen LogP contribution < -0.4 is 5.32 Å². The average molecular weight is 261 g/mol. The van der Waals surface area contributed by atoms with Crippen LogP contribution in [-0.2, 0) is 0 Å². The van der Waals surface area contributed by atoms with E-state index in [2.05, 4.69) is 25.2 Å². The van der Waals surface area contributed by atoms with Gasteiger partial charge in [0.1, 0.15) is 5.82 Å². The maximum atomic E-state index is 13.7. The van der Waals surface area contributed by atoms with Gasteiger partial charge in [-0.15, -0.1) is 11.3 Å².